The molecule has 3 aromatic carbocycles. The topological polar surface area (TPSA) is 75.4 Å². The Labute approximate surface area is 178 Å². The van der Waals surface area contributed by atoms with Gasteiger partial charge in [-0.05, 0) is 84.7 Å². The first-order valence-corrected chi connectivity index (χ1v) is 10.3. The number of rotatable bonds is 7. The fourth-order valence-corrected chi connectivity index (χ4v) is 3.78. The molecule has 0 radical (unpaired) electrons. The van der Waals surface area contributed by atoms with Gasteiger partial charge in [0.05, 0.1) is 6.04 Å². The third kappa shape index (κ3) is 5.49. The van der Waals surface area contributed by atoms with E-state index < -0.39 is 6.04 Å². The fourth-order valence-electron chi connectivity index (χ4n) is 3.78. The Hall–Kier alpha value is -3.11. The van der Waals surface area contributed by atoms with Gasteiger partial charge in [-0.1, -0.05) is 48.5 Å². The highest BCUT2D eigenvalue weighted by molar-refractivity contribution is 5.82. The molecule has 0 saturated carbocycles. The zero-order valence-corrected chi connectivity index (χ0v) is 17.9. The number of phenols is 1. The Morgan fingerprint density at radius 1 is 0.933 bits per heavy atom. The van der Waals surface area contributed by atoms with Gasteiger partial charge in [0.1, 0.15) is 5.75 Å². The van der Waals surface area contributed by atoms with Gasteiger partial charge in [-0.2, -0.15) is 0 Å². The number of nitrogens with one attached hydrogen (secondary N) is 1. The van der Waals surface area contributed by atoms with Gasteiger partial charge < -0.3 is 16.2 Å². The molecule has 30 heavy (non-hydrogen) atoms. The molecule has 4 N–H and O–H groups in total. The van der Waals surface area contributed by atoms with Crippen LogP contribution in [0.15, 0.2) is 60.7 Å². The molecular weight excluding hydrogens is 372 g/mol. The van der Waals surface area contributed by atoms with Gasteiger partial charge in [0.2, 0.25) is 5.91 Å². The molecule has 3 aromatic rings. The van der Waals surface area contributed by atoms with Crippen molar-refractivity contribution in [3.63, 3.8) is 0 Å². The van der Waals surface area contributed by atoms with Gasteiger partial charge in [-0.15, -0.1) is 0 Å². The van der Waals surface area contributed by atoms with E-state index in [4.69, 9.17) is 5.73 Å². The monoisotopic (exact) mass is 402 g/mol. The molecule has 0 bridgehead atoms. The zero-order valence-electron chi connectivity index (χ0n) is 17.9. The van der Waals surface area contributed by atoms with E-state index in [1.54, 1.807) is 12.1 Å². The molecule has 156 valence electrons. The number of carbonyl (C=O) groups excluding carboxylic acids is 1. The summed E-state index contributed by atoms with van der Waals surface area (Å²) < 4.78 is 0. The van der Waals surface area contributed by atoms with Gasteiger partial charge in [0.25, 0.3) is 0 Å². The Balaban J connectivity index is 1.63. The van der Waals surface area contributed by atoms with Crippen molar-refractivity contribution in [1.29, 1.82) is 0 Å². The predicted octanol–water partition coefficient (Wildman–Crippen LogP) is 4.09. The second-order valence-electron chi connectivity index (χ2n) is 8.01. The van der Waals surface area contributed by atoms with E-state index in [-0.39, 0.29) is 11.7 Å². The lowest BCUT2D eigenvalue weighted by Crippen LogP contribution is -2.42. The number of hydrogen-bond acceptors (Lipinski definition) is 3. The maximum atomic E-state index is 12.6. The van der Waals surface area contributed by atoms with E-state index in [9.17, 15) is 9.90 Å². The molecular formula is C26H30N2O2. The number of nitrogens with two attached hydrogens (primary N) is 1. The van der Waals surface area contributed by atoms with E-state index in [0.29, 0.717) is 13.0 Å². The van der Waals surface area contributed by atoms with Crippen LogP contribution >= 0.6 is 0 Å². The minimum absolute atomic E-state index is 0.172. The summed E-state index contributed by atoms with van der Waals surface area (Å²) in [6.45, 7) is 6.36. The molecule has 0 fully saturated rings. The molecule has 1 atom stereocenters. The summed E-state index contributed by atoms with van der Waals surface area (Å²) in [5.74, 6) is 0.0624. The highest BCUT2D eigenvalue weighted by Crippen LogP contribution is 2.22. The van der Waals surface area contributed by atoms with Crippen LogP contribution in [0.2, 0.25) is 0 Å². The lowest BCUT2D eigenvalue weighted by molar-refractivity contribution is -0.122. The number of benzene rings is 3. The predicted molar refractivity (Wildman–Crippen MR) is 122 cm³/mol. The number of carbonyl (C=O) groups is 1. The van der Waals surface area contributed by atoms with Crippen molar-refractivity contribution in [3.8, 4) is 5.75 Å². The maximum Gasteiger partial charge on any atom is 0.237 e. The summed E-state index contributed by atoms with van der Waals surface area (Å²) >= 11 is 0. The van der Waals surface area contributed by atoms with Crippen LogP contribution < -0.4 is 11.1 Å². The van der Waals surface area contributed by atoms with Crippen molar-refractivity contribution >= 4 is 5.91 Å². The molecule has 0 unspecified atom stereocenters. The summed E-state index contributed by atoms with van der Waals surface area (Å²) in [7, 11) is 0. The third-order valence-electron chi connectivity index (χ3n) is 5.56. The second-order valence-corrected chi connectivity index (χ2v) is 8.01. The number of phenolic OH excluding ortho intramolecular Hbond substituents is 1. The first-order valence-electron chi connectivity index (χ1n) is 10.3. The van der Waals surface area contributed by atoms with Crippen molar-refractivity contribution in [2.24, 2.45) is 5.73 Å². The van der Waals surface area contributed by atoms with Crippen molar-refractivity contribution < 1.29 is 9.90 Å². The fraction of sp³-hybridized carbons (Fsp3) is 0.269. The summed E-state index contributed by atoms with van der Waals surface area (Å²) in [4.78, 5) is 12.6. The minimum Gasteiger partial charge on any atom is -0.508 e. The third-order valence-corrected chi connectivity index (χ3v) is 5.56. The van der Waals surface area contributed by atoms with Crippen LogP contribution in [0, 0.1) is 20.8 Å². The van der Waals surface area contributed by atoms with E-state index in [1.807, 2.05) is 32.0 Å². The quantitative estimate of drug-likeness (QED) is 0.557. The Kier molecular flexibility index (Phi) is 6.91. The molecule has 4 nitrogen and oxygen atoms in total. The van der Waals surface area contributed by atoms with Crippen LogP contribution in [0.3, 0.4) is 0 Å². The van der Waals surface area contributed by atoms with Gasteiger partial charge in [-0.25, -0.2) is 0 Å². The number of aromatic hydroxyl groups is 1. The summed E-state index contributed by atoms with van der Waals surface area (Å²) in [6, 6.07) is 19.5. The van der Waals surface area contributed by atoms with Crippen LogP contribution in [0.25, 0.3) is 0 Å². The van der Waals surface area contributed by atoms with Gasteiger partial charge in [0, 0.05) is 6.54 Å². The second kappa shape index (κ2) is 9.59. The molecule has 0 heterocycles. The van der Waals surface area contributed by atoms with E-state index in [0.717, 1.165) is 34.2 Å². The van der Waals surface area contributed by atoms with Crippen molar-refractivity contribution in [3.05, 3.63) is 99.6 Å². The average Bonchev–Trinajstić information content (AvgIpc) is 2.71. The van der Waals surface area contributed by atoms with E-state index in [1.165, 1.54) is 11.1 Å². The molecule has 0 aromatic heterocycles. The molecule has 0 aliphatic rings. The molecule has 0 spiro atoms. The lowest BCUT2D eigenvalue weighted by Gasteiger charge is -2.17. The lowest BCUT2D eigenvalue weighted by atomic mass is 9.96. The van der Waals surface area contributed by atoms with Crippen LogP contribution in [-0.4, -0.2) is 17.1 Å². The SMILES string of the molecule is Cc1ccc(Cc2ccccc2)cc1CNC(=O)[C@@H](N)Cc1c(C)cc(O)cc1C. The largest absolute Gasteiger partial charge is 0.508 e. The molecule has 0 aliphatic heterocycles. The van der Waals surface area contributed by atoms with Crippen LogP contribution in [0.1, 0.15) is 38.9 Å². The molecule has 1 amide bonds. The van der Waals surface area contributed by atoms with Crippen molar-refractivity contribution in [1.82, 2.24) is 5.32 Å². The van der Waals surface area contributed by atoms with E-state index in [2.05, 4.69) is 42.6 Å². The van der Waals surface area contributed by atoms with Crippen LogP contribution in [0.4, 0.5) is 0 Å². The molecule has 0 saturated heterocycles. The molecule has 3 rings (SSSR count). The molecule has 4 heteroatoms. The van der Waals surface area contributed by atoms with Crippen molar-refractivity contribution in [2.75, 3.05) is 0 Å². The van der Waals surface area contributed by atoms with Crippen molar-refractivity contribution in [2.45, 2.75) is 46.2 Å². The highest BCUT2D eigenvalue weighted by Gasteiger charge is 2.17. The first kappa shape index (κ1) is 21.6. The average molecular weight is 403 g/mol. The van der Waals surface area contributed by atoms with Gasteiger partial charge >= 0.3 is 0 Å². The maximum absolute atomic E-state index is 12.6. The first-order chi connectivity index (χ1) is 14.3. The van der Waals surface area contributed by atoms with E-state index >= 15 is 0 Å². The van der Waals surface area contributed by atoms with Crippen LogP contribution in [0.5, 0.6) is 5.75 Å². The zero-order chi connectivity index (χ0) is 21.7. The Morgan fingerprint density at radius 2 is 1.60 bits per heavy atom. The van der Waals surface area contributed by atoms with Gasteiger partial charge in [0.15, 0.2) is 0 Å². The smallest absolute Gasteiger partial charge is 0.237 e. The number of hydrogen-bond donors (Lipinski definition) is 3. The Bertz CT molecular complexity index is 1010. The highest BCUT2D eigenvalue weighted by atomic mass is 16.3. The number of amides is 1. The van der Waals surface area contributed by atoms with Gasteiger partial charge in [-0.3, -0.25) is 4.79 Å². The summed E-state index contributed by atoms with van der Waals surface area (Å²) in [6.07, 6.45) is 1.30. The Morgan fingerprint density at radius 3 is 2.27 bits per heavy atom. The molecule has 0 aliphatic carbocycles. The standard InChI is InChI=1S/C26H30N2O2/c1-17-9-10-21(13-20-7-5-4-6-8-20)14-22(17)16-28-26(30)25(27)15-24-18(2)11-23(29)12-19(24)3/h4-12,14,25,29H,13,15-16,27H2,1-3H3,(H,28,30)/t25-/m0/s1. The van der Waals surface area contributed by atoms with Crippen LogP contribution in [-0.2, 0) is 24.2 Å². The normalized spacial score (nSPS) is 11.9. The summed E-state index contributed by atoms with van der Waals surface area (Å²) in [5.41, 5.74) is 13.8. The summed E-state index contributed by atoms with van der Waals surface area (Å²) in [5, 5.41) is 12.7. The minimum atomic E-state index is -0.639. The number of aryl methyl sites for hydroxylation is 3.